The Morgan fingerprint density at radius 2 is 2.22 bits per heavy atom. The summed E-state index contributed by atoms with van der Waals surface area (Å²) in [5.41, 5.74) is 8.97. The van der Waals surface area contributed by atoms with Crippen LogP contribution in [0.3, 0.4) is 0 Å². The lowest BCUT2D eigenvalue weighted by atomic mass is 9.79. The van der Waals surface area contributed by atoms with Gasteiger partial charge in [0.15, 0.2) is 0 Å². The number of ether oxygens (including phenoxy) is 1. The summed E-state index contributed by atoms with van der Waals surface area (Å²) in [6.07, 6.45) is 4.87. The lowest BCUT2D eigenvalue weighted by Gasteiger charge is -2.28. The molecule has 1 aliphatic carbocycles. The van der Waals surface area contributed by atoms with E-state index in [0.717, 1.165) is 24.6 Å². The largest absolute Gasteiger partial charge is 0.496 e. The highest BCUT2D eigenvalue weighted by molar-refractivity contribution is 5.37. The maximum absolute atomic E-state index is 6.07. The fourth-order valence-electron chi connectivity index (χ4n) is 3.36. The van der Waals surface area contributed by atoms with Crippen molar-refractivity contribution in [1.29, 1.82) is 0 Å². The molecule has 0 aliphatic heterocycles. The summed E-state index contributed by atoms with van der Waals surface area (Å²) in [5, 5.41) is 0. The van der Waals surface area contributed by atoms with E-state index in [9.17, 15) is 0 Å². The summed E-state index contributed by atoms with van der Waals surface area (Å²) in [7, 11) is 1.75. The van der Waals surface area contributed by atoms with E-state index < -0.39 is 0 Å². The van der Waals surface area contributed by atoms with Crippen molar-refractivity contribution in [2.45, 2.75) is 39.5 Å². The third kappa shape index (κ3) is 2.69. The maximum Gasteiger partial charge on any atom is 0.122 e. The van der Waals surface area contributed by atoms with Gasteiger partial charge in [0.2, 0.25) is 0 Å². The molecule has 2 rings (SSSR count). The third-order valence-electron chi connectivity index (χ3n) is 4.38. The summed E-state index contributed by atoms with van der Waals surface area (Å²) in [5.74, 6) is 1.82. The molecule has 1 saturated carbocycles. The van der Waals surface area contributed by atoms with Gasteiger partial charge in [-0.15, -0.1) is 0 Å². The van der Waals surface area contributed by atoms with Gasteiger partial charge in [-0.05, 0) is 55.7 Å². The first kappa shape index (κ1) is 13.4. The molecule has 18 heavy (non-hydrogen) atoms. The molecule has 0 bridgehead atoms. The fourth-order valence-corrected chi connectivity index (χ4v) is 3.36. The second-order valence-corrected chi connectivity index (χ2v) is 6.04. The van der Waals surface area contributed by atoms with Crippen LogP contribution in [-0.2, 0) is 6.42 Å². The predicted molar refractivity (Wildman–Crippen MR) is 75.9 cm³/mol. The zero-order valence-electron chi connectivity index (χ0n) is 11.8. The molecule has 1 aliphatic rings. The van der Waals surface area contributed by atoms with Gasteiger partial charge in [0.1, 0.15) is 5.75 Å². The van der Waals surface area contributed by atoms with Crippen LogP contribution in [0.2, 0.25) is 0 Å². The first-order chi connectivity index (χ1) is 8.58. The molecule has 0 saturated heterocycles. The van der Waals surface area contributed by atoms with Crippen LogP contribution in [0.5, 0.6) is 5.75 Å². The molecule has 100 valence electrons. The Balaban J connectivity index is 2.24. The van der Waals surface area contributed by atoms with Gasteiger partial charge >= 0.3 is 0 Å². The lowest BCUT2D eigenvalue weighted by Crippen LogP contribution is -2.30. The van der Waals surface area contributed by atoms with Crippen LogP contribution in [-0.4, -0.2) is 13.7 Å². The van der Waals surface area contributed by atoms with Crippen LogP contribution in [0.4, 0.5) is 0 Å². The third-order valence-corrected chi connectivity index (χ3v) is 4.38. The van der Waals surface area contributed by atoms with Gasteiger partial charge in [-0.25, -0.2) is 0 Å². The van der Waals surface area contributed by atoms with Crippen molar-refractivity contribution in [2.75, 3.05) is 13.7 Å². The normalized spacial score (nSPS) is 27.4. The first-order valence-electron chi connectivity index (χ1n) is 6.92. The minimum absolute atomic E-state index is 0.292. The van der Waals surface area contributed by atoms with Crippen molar-refractivity contribution in [3.8, 4) is 5.75 Å². The molecule has 2 unspecified atom stereocenters. The number of aryl methyl sites for hydroxylation is 1. The summed E-state index contributed by atoms with van der Waals surface area (Å²) < 4.78 is 5.49. The van der Waals surface area contributed by atoms with Crippen LogP contribution in [0.15, 0.2) is 18.2 Å². The molecule has 2 N–H and O–H groups in total. The molecular formula is C16H25NO. The van der Waals surface area contributed by atoms with E-state index in [1.54, 1.807) is 7.11 Å². The van der Waals surface area contributed by atoms with Crippen LogP contribution >= 0.6 is 0 Å². The summed E-state index contributed by atoms with van der Waals surface area (Å²) >= 11 is 0. The molecule has 0 heterocycles. The quantitative estimate of drug-likeness (QED) is 0.886. The summed E-state index contributed by atoms with van der Waals surface area (Å²) in [6.45, 7) is 5.26. The lowest BCUT2D eigenvalue weighted by molar-refractivity contribution is 0.290. The van der Waals surface area contributed by atoms with E-state index >= 15 is 0 Å². The molecule has 1 aromatic rings. The Labute approximate surface area is 111 Å². The molecule has 0 aromatic heterocycles. The smallest absolute Gasteiger partial charge is 0.122 e. The van der Waals surface area contributed by atoms with Crippen molar-refractivity contribution < 1.29 is 4.74 Å². The van der Waals surface area contributed by atoms with Crippen molar-refractivity contribution in [3.05, 3.63) is 29.3 Å². The van der Waals surface area contributed by atoms with Crippen molar-refractivity contribution in [1.82, 2.24) is 0 Å². The fraction of sp³-hybridized carbons (Fsp3) is 0.625. The average Bonchev–Trinajstić information content (AvgIpc) is 2.72. The van der Waals surface area contributed by atoms with Gasteiger partial charge in [0.25, 0.3) is 0 Å². The van der Waals surface area contributed by atoms with Gasteiger partial charge in [0, 0.05) is 0 Å². The molecule has 0 amide bonds. The van der Waals surface area contributed by atoms with Gasteiger partial charge in [-0.2, -0.15) is 0 Å². The van der Waals surface area contributed by atoms with E-state index in [-0.39, 0.29) is 0 Å². The number of methoxy groups -OCH3 is 1. The topological polar surface area (TPSA) is 35.2 Å². The Morgan fingerprint density at radius 1 is 1.44 bits per heavy atom. The molecular weight excluding hydrogens is 222 g/mol. The maximum atomic E-state index is 6.07. The van der Waals surface area contributed by atoms with Crippen molar-refractivity contribution >= 4 is 0 Å². The number of nitrogens with two attached hydrogens (primary N) is 1. The minimum atomic E-state index is 0.292. The number of benzene rings is 1. The molecule has 1 aromatic carbocycles. The number of hydrogen-bond acceptors (Lipinski definition) is 2. The second kappa shape index (κ2) is 5.31. The van der Waals surface area contributed by atoms with E-state index in [2.05, 4.69) is 32.0 Å². The van der Waals surface area contributed by atoms with E-state index in [1.165, 1.54) is 30.4 Å². The van der Waals surface area contributed by atoms with Gasteiger partial charge in [-0.1, -0.05) is 31.0 Å². The molecule has 1 fully saturated rings. The monoisotopic (exact) mass is 247 g/mol. The van der Waals surface area contributed by atoms with E-state index in [4.69, 9.17) is 10.5 Å². The average molecular weight is 247 g/mol. The predicted octanol–water partition coefficient (Wildman–Crippen LogP) is 3.31. The minimum Gasteiger partial charge on any atom is -0.496 e. The Bertz CT molecular complexity index is 416. The summed E-state index contributed by atoms with van der Waals surface area (Å²) in [4.78, 5) is 0. The highest BCUT2D eigenvalue weighted by Gasteiger charge is 2.36. The van der Waals surface area contributed by atoms with E-state index in [1.807, 2.05) is 0 Å². The Morgan fingerprint density at radius 3 is 2.78 bits per heavy atom. The number of hydrogen-bond donors (Lipinski definition) is 1. The molecule has 2 atom stereocenters. The Kier molecular flexibility index (Phi) is 3.96. The van der Waals surface area contributed by atoms with Gasteiger partial charge < -0.3 is 10.5 Å². The molecule has 2 nitrogen and oxygen atoms in total. The van der Waals surface area contributed by atoms with Gasteiger partial charge in [0.05, 0.1) is 7.11 Å². The second-order valence-electron chi connectivity index (χ2n) is 6.04. The first-order valence-corrected chi connectivity index (χ1v) is 6.92. The standard InChI is InChI=1S/C16H25NO/c1-12-4-5-15(18-3)14(8-12)10-16(11-17)7-6-13(2)9-16/h4-5,8,13H,6-7,9-11,17H2,1-3H3. The molecule has 2 heteroatoms. The molecule has 0 spiro atoms. The van der Waals surface area contributed by atoms with Crippen molar-refractivity contribution in [2.24, 2.45) is 17.1 Å². The number of rotatable bonds is 4. The highest BCUT2D eigenvalue weighted by atomic mass is 16.5. The van der Waals surface area contributed by atoms with Crippen LogP contribution < -0.4 is 10.5 Å². The van der Waals surface area contributed by atoms with Gasteiger partial charge in [-0.3, -0.25) is 0 Å². The van der Waals surface area contributed by atoms with Crippen LogP contribution in [0.1, 0.15) is 37.3 Å². The SMILES string of the molecule is COc1ccc(C)cc1CC1(CN)CCC(C)C1. The summed E-state index contributed by atoms with van der Waals surface area (Å²) in [6, 6.07) is 6.43. The van der Waals surface area contributed by atoms with Crippen LogP contribution in [0.25, 0.3) is 0 Å². The highest BCUT2D eigenvalue weighted by Crippen LogP contribution is 2.44. The molecule has 0 radical (unpaired) electrons. The Hall–Kier alpha value is -1.02. The van der Waals surface area contributed by atoms with E-state index in [0.29, 0.717) is 5.41 Å². The zero-order chi connectivity index (χ0) is 13.2. The van der Waals surface area contributed by atoms with Crippen molar-refractivity contribution in [3.63, 3.8) is 0 Å². The zero-order valence-corrected chi connectivity index (χ0v) is 11.8. The van der Waals surface area contributed by atoms with Crippen LogP contribution in [0, 0.1) is 18.3 Å².